The van der Waals surface area contributed by atoms with Crippen LogP contribution in [-0.2, 0) is 24.1 Å². The highest BCUT2D eigenvalue weighted by Crippen LogP contribution is 2.46. The van der Waals surface area contributed by atoms with Crippen molar-refractivity contribution in [1.82, 2.24) is 0 Å². The summed E-state index contributed by atoms with van der Waals surface area (Å²) in [6.45, 7) is 9.95. The van der Waals surface area contributed by atoms with Gasteiger partial charge in [-0.2, -0.15) is 0 Å². The Kier molecular flexibility index (Phi) is 5.55. The summed E-state index contributed by atoms with van der Waals surface area (Å²) in [6, 6.07) is 15.8. The van der Waals surface area contributed by atoms with Gasteiger partial charge in [-0.05, 0) is 77.7 Å². The van der Waals surface area contributed by atoms with Crippen molar-refractivity contribution in [2.45, 2.75) is 72.1 Å². The lowest BCUT2D eigenvalue weighted by molar-refractivity contribution is -0.118. The molecule has 1 heterocycles. The average Bonchev–Trinajstić information content (AvgIpc) is 3.08. The number of carbonyl (C=O) groups is 1. The maximum Gasteiger partial charge on any atom is 0.226 e. The summed E-state index contributed by atoms with van der Waals surface area (Å²) < 4.78 is 0. The summed E-state index contributed by atoms with van der Waals surface area (Å²) in [6.07, 6.45) is 6.12. The lowest BCUT2D eigenvalue weighted by atomic mass is 9.72. The Bertz CT molecular complexity index is 867. The molecule has 0 N–H and O–H groups in total. The third kappa shape index (κ3) is 4.13. The molecule has 2 nitrogen and oxygen atoms in total. The number of hydrogen-bond donors (Lipinski definition) is 0. The molecule has 29 heavy (non-hydrogen) atoms. The number of nitrogens with zero attached hydrogens (tertiary/aromatic N) is 1. The first-order valence-electron chi connectivity index (χ1n) is 11.4. The Morgan fingerprint density at radius 2 is 1.76 bits per heavy atom. The van der Waals surface area contributed by atoms with E-state index < -0.39 is 0 Å². The van der Waals surface area contributed by atoms with Crippen LogP contribution in [-0.4, -0.2) is 12.5 Å². The molecule has 1 unspecified atom stereocenters. The van der Waals surface area contributed by atoms with Crippen molar-refractivity contribution in [3.8, 4) is 0 Å². The van der Waals surface area contributed by atoms with Gasteiger partial charge in [-0.3, -0.25) is 4.79 Å². The summed E-state index contributed by atoms with van der Waals surface area (Å²) in [5, 5.41) is 0. The molecule has 0 fully saturated rings. The summed E-state index contributed by atoms with van der Waals surface area (Å²) in [7, 11) is 0. The van der Waals surface area contributed by atoms with Crippen molar-refractivity contribution in [2.75, 3.05) is 11.4 Å². The first-order chi connectivity index (χ1) is 13.9. The first-order valence-corrected chi connectivity index (χ1v) is 11.4. The van der Waals surface area contributed by atoms with Crippen LogP contribution in [0.5, 0.6) is 0 Å². The van der Waals surface area contributed by atoms with Gasteiger partial charge in [0.2, 0.25) is 5.91 Å². The fraction of sp³-hybridized carbons (Fsp3) is 0.519. The minimum absolute atomic E-state index is 0.205. The van der Waals surface area contributed by atoms with Crippen LogP contribution in [0, 0.1) is 11.3 Å². The Labute approximate surface area is 176 Å². The zero-order valence-corrected chi connectivity index (χ0v) is 18.5. The molecule has 0 saturated heterocycles. The molecular formula is C27H35NO. The van der Waals surface area contributed by atoms with Gasteiger partial charge in [0.15, 0.2) is 0 Å². The number of rotatable bonds is 4. The molecule has 1 amide bonds. The standard InChI is InChI=1S/C27H35NO/c1-5-8-26(29)28-14-13-24(27(2,3)4)23-18-19(11-12-25(23)28)15-20-16-21-9-6-7-10-22(21)17-20/h6-7,9-12,18,20,24H,5,8,13-17H2,1-4H3. The van der Waals surface area contributed by atoms with E-state index >= 15 is 0 Å². The predicted octanol–water partition coefficient (Wildman–Crippen LogP) is 6.31. The Balaban J connectivity index is 1.61. The van der Waals surface area contributed by atoms with Crippen LogP contribution in [0.25, 0.3) is 0 Å². The van der Waals surface area contributed by atoms with Gasteiger partial charge in [0, 0.05) is 18.7 Å². The van der Waals surface area contributed by atoms with Crippen LogP contribution in [0.4, 0.5) is 5.69 Å². The van der Waals surface area contributed by atoms with E-state index in [1.165, 1.54) is 35.1 Å². The fourth-order valence-electron chi connectivity index (χ4n) is 5.43. The molecule has 0 radical (unpaired) electrons. The van der Waals surface area contributed by atoms with Crippen LogP contribution < -0.4 is 4.90 Å². The molecule has 4 rings (SSSR count). The fourth-order valence-corrected chi connectivity index (χ4v) is 5.43. The number of carbonyl (C=O) groups excluding carboxylic acids is 1. The Hall–Kier alpha value is -2.09. The molecule has 2 aromatic rings. The minimum atomic E-state index is 0.205. The quantitative estimate of drug-likeness (QED) is 0.600. The second-order valence-corrected chi connectivity index (χ2v) is 10.1. The van der Waals surface area contributed by atoms with Gasteiger partial charge in [0.1, 0.15) is 0 Å². The van der Waals surface area contributed by atoms with Gasteiger partial charge in [-0.15, -0.1) is 0 Å². The maximum absolute atomic E-state index is 12.7. The molecule has 1 atom stereocenters. The largest absolute Gasteiger partial charge is 0.312 e. The molecule has 1 aliphatic heterocycles. The average molecular weight is 390 g/mol. The number of hydrogen-bond acceptors (Lipinski definition) is 1. The molecule has 154 valence electrons. The Morgan fingerprint density at radius 1 is 1.07 bits per heavy atom. The second kappa shape index (κ2) is 7.97. The van der Waals surface area contributed by atoms with Crippen LogP contribution in [0.1, 0.15) is 75.1 Å². The summed E-state index contributed by atoms with van der Waals surface area (Å²) in [5.41, 5.74) is 7.24. The number of anilines is 1. The highest BCUT2D eigenvalue weighted by molar-refractivity contribution is 5.94. The third-order valence-electron chi connectivity index (χ3n) is 6.87. The van der Waals surface area contributed by atoms with Crippen LogP contribution in [0.3, 0.4) is 0 Å². The van der Waals surface area contributed by atoms with E-state index in [0.717, 1.165) is 31.5 Å². The first kappa shape index (κ1) is 20.2. The molecule has 2 heteroatoms. The monoisotopic (exact) mass is 389 g/mol. The van der Waals surface area contributed by atoms with Crippen molar-refractivity contribution in [3.05, 3.63) is 64.7 Å². The van der Waals surface area contributed by atoms with Gasteiger partial charge < -0.3 is 4.90 Å². The van der Waals surface area contributed by atoms with E-state index in [4.69, 9.17) is 0 Å². The highest BCUT2D eigenvalue weighted by atomic mass is 16.2. The van der Waals surface area contributed by atoms with Crippen molar-refractivity contribution >= 4 is 11.6 Å². The Morgan fingerprint density at radius 3 is 2.38 bits per heavy atom. The van der Waals surface area contributed by atoms with Gasteiger partial charge in [0.25, 0.3) is 0 Å². The molecule has 2 aliphatic rings. The van der Waals surface area contributed by atoms with E-state index in [0.29, 0.717) is 18.3 Å². The molecular weight excluding hydrogens is 354 g/mol. The van der Waals surface area contributed by atoms with E-state index in [1.54, 1.807) is 0 Å². The van der Waals surface area contributed by atoms with E-state index in [-0.39, 0.29) is 11.3 Å². The SMILES string of the molecule is CCCC(=O)N1CCC(C(C)(C)C)c2cc(CC3Cc4ccccc4C3)ccc21. The van der Waals surface area contributed by atoms with Crippen molar-refractivity contribution in [1.29, 1.82) is 0 Å². The summed E-state index contributed by atoms with van der Waals surface area (Å²) >= 11 is 0. The third-order valence-corrected chi connectivity index (χ3v) is 6.87. The molecule has 0 spiro atoms. The minimum Gasteiger partial charge on any atom is -0.312 e. The second-order valence-electron chi connectivity index (χ2n) is 10.1. The molecule has 0 bridgehead atoms. The normalized spacial score (nSPS) is 19.2. The number of fused-ring (bicyclic) bond motifs is 2. The van der Waals surface area contributed by atoms with Crippen LogP contribution in [0.2, 0.25) is 0 Å². The highest BCUT2D eigenvalue weighted by Gasteiger charge is 2.35. The number of amides is 1. The van der Waals surface area contributed by atoms with E-state index in [2.05, 4.69) is 75.1 Å². The zero-order chi connectivity index (χ0) is 20.6. The van der Waals surface area contributed by atoms with Crippen molar-refractivity contribution in [3.63, 3.8) is 0 Å². The maximum atomic E-state index is 12.7. The van der Waals surface area contributed by atoms with Gasteiger partial charge >= 0.3 is 0 Å². The van der Waals surface area contributed by atoms with Crippen LogP contribution in [0.15, 0.2) is 42.5 Å². The zero-order valence-electron chi connectivity index (χ0n) is 18.5. The van der Waals surface area contributed by atoms with Crippen LogP contribution >= 0.6 is 0 Å². The van der Waals surface area contributed by atoms with Gasteiger partial charge in [-0.1, -0.05) is 64.1 Å². The summed E-state index contributed by atoms with van der Waals surface area (Å²) in [4.78, 5) is 14.8. The topological polar surface area (TPSA) is 20.3 Å². The van der Waals surface area contributed by atoms with Crippen molar-refractivity contribution in [2.24, 2.45) is 11.3 Å². The smallest absolute Gasteiger partial charge is 0.226 e. The van der Waals surface area contributed by atoms with Gasteiger partial charge in [0.05, 0.1) is 0 Å². The molecule has 1 aliphatic carbocycles. The van der Waals surface area contributed by atoms with Crippen molar-refractivity contribution < 1.29 is 4.79 Å². The molecule has 2 aromatic carbocycles. The van der Waals surface area contributed by atoms with E-state index in [9.17, 15) is 4.79 Å². The molecule has 0 aromatic heterocycles. The van der Waals surface area contributed by atoms with E-state index in [1.807, 2.05) is 0 Å². The lowest BCUT2D eigenvalue weighted by Gasteiger charge is -2.41. The molecule has 0 saturated carbocycles. The predicted molar refractivity (Wildman–Crippen MR) is 122 cm³/mol. The van der Waals surface area contributed by atoms with Gasteiger partial charge in [-0.25, -0.2) is 0 Å². The number of benzene rings is 2. The lowest BCUT2D eigenvalue weighted by Crippen LogP contribution is -2.39. The summed E-state index contributed by atoms with van der Waals surface area (Å²) in [5.74, 6) is 1.48.